The van der Waals surface area contributed by atoms with Crippen LogP contribution in [0.3, 0.4) is 0 Å². The van der Waals surface area contributed by atoms with Crippen LogP contribution in [-0.2, 0) is 10.3 Å². The van der Waals surface area contributed by atoms with Crippen LogP contribution >= 0.6 is 11.6 Å². The molecule has 1 fully saturated rings. The van der Waals surface area contributed by atoms with Crippen molar-refractivity contribution in [3.05, 3.63) is 23.2 Å². The van der Waals surface area contributed by atoms with E-state index in [-0.39, 0.29) is 5.28 Å². The number of nitrogens with zero attached hydrogens (tertiary/aromatic N) is 2. The highest BCUT2D eigenvalue weighted by Gasteiger charge is 2.40. The molecule has 0 spiro atoms. The van der Waals surface area contributed by atoms with Gasteiger partial charge in [-0.1, -0.05) is 0 Å². The fraction of sp³-hybridized carbons (Fsp3) is 0.500. The van der Waals surface area contributed by atoms with Crippen LogP contribution in [0.25, 0.3) is 0 Å². The van der Waals surface area contributed by atoms with Crippen molar-refractivity contribution in [3.8, 4) is 0 Å². The average molecular weight is 242 g/mol. The number of aromatic nitrogens is 2. The Bertz CT molecular complexity index is 405. The first-order valence-electron chi connectivity index (χ1n) is 5.10. The number of amides is 1. The van der Waals surface area contributed by atoms with Crippen LogP contribution in [0.2, 0.25) is 5.28 Å². The lowest BCUT2D eigenvalue weighted by Gasteiger charge is -2.27. The van der Waals surface area contributed by atoms with E-state index in [4.69, 9.17) is 22.1 Å². The first kappa shape index (κ1) is 11.1. The van der Waals surface area contributed by atoms with Crippen molar-refractivity contribution < 1.29 is 9.53 Å². The molecule has 16 heavy (non-hydrogen) atoms. The molecule has 0 radical (unpaired) electrons. The molecule has 86 valence electrons. The van der Waals surface area contributed by atoms with E-state index >= 15 is 0 Å². The van der Waals surface area contributed by atoms with Gasteiger partial charge in [0.15, 0.2) is 5.60 Å². The molecule has 1 aromatic heterocycles. The highest BCUT2D eigenvalue weighted by molar-refractivity contribution is 6.28. The van der Waals surface area contributed by atoms with Crippen LogP contribution in [0, 0.1) is 0 Å². The summed E-state index contributed by atoms with van der Waals surface area (Å²) >= 11 is 5.73. The average Bonchev–Trinajstić information content (AvgIpc) is 2.66. The molecule has 0 aromatic carbocycles. The monoisotopic (exact) mass is 241 g/mol. The van der Waals surface area contributed by atoms with Crippen LogP contribution in [0.15, 0.2) is 12.3 Å². The number of hydrogen-bond acceptors (Lipinski definition) is 4. The van der Waals surface area contributed by atoms with E-state index in [0.29, 0.717) is 5.69 Å². The summed E-state index contributed by atoms with van der Waals surface area (Å²) in [6.45, 7) is 0. The van der Waals surface area contributed by atoms with E-state index in [1.165, 1.54) is 0 Å². The maximum Gasteiger partial charge on any atom is 0.405 e. The van der Waals surface area contributed by atoms with Gasteiger partial charge in [0.05, 0.1) is 5.69 Å². The second-order valence-corrected chi connectivity index (χ2v) is 4.17. The first-order chi connectivity index (χ1) is 7.62. The predicted octanol–water partition coefficient (Wildman–Crippen LogP) is 1.99. The van der Waals surface area contributed by atoms with Gasteiger partial charge in [-0.25, -0.2) is 14.8 Å². The molecule has 2 N–H and O–H groups in total. The zero-order valence-corrected chi connectivity index (χ0v) is 9.41. The number of primary amides is 1. The standard InChI is InChI=1S/C10H12ClN3O2/c11-8-13-6-3-7(14-8)10(16-9(12)15)4-1-2-5-10/h3,6H,1-2,4-5H2,(H2,12,15). The van der Waals surface area contributed by atoms with Crippen molar-refractivity contribution in [3.63, 3.8) is 0 Å². The third-order valence-electron chi connectivity index (χ3n) is 2.80. The third-order valence-corrected chi connectivity index (χ3v) is 2.98. The Kier molecular flexibility index (Phi) is 2.96. The molecule has 1 aliphatic rings. The summed E-state index contributed by atoms with van der Waals surface area (Å²) in [6.07, 6.45) is 4.18. The first-order valence-corrected chi connectivity index (χ1v) is 5.48. The molecular weight excluding hydrogens is 230 g/mol. The molecule has 0 aliphatic heterocycles. The molecular formula is C10H12ClN3O2. The lowest BCUT2D eigenvalue weighted by Crippen LogP contribution is -2.33. The molecule has 1 aromatic rings. The van der Waals surface area contributed by atoms with Crippen LogP contribution in [0.5, 0.6) is 0 Å². The molecule has 1 amide bonds. The quantitative estimate of drug-likeness (QED) is 0.804. The number of carbonyl (C=O) groups is 1. The zero-order valence-electron chi connectivity index (χ0n) is 8.65. The Morgan fingerprint density at radius 1 is 1.50 bits per heavy atom. The molecule has 6 heteroatoms. The van der Waals surface area contributed by atoms with Gasteiger partial charge in [0.2, 0.25) is 5.28 Å². The molecule has 0 bridgehead atoms. The maximum atomic E-state index is 10.9. The number of rotatable bonds is 2. The van der Waals surface area contributed by atoms with Crippen LogP contribution < -0.4 is 5.73 Å². The Labute approximate surface area is 98.0 Å². The van der Waals surface area contributed by atoms with Crippen molar-refractivity contribution in [1.82, 2.24) is 9.97 Å². The van der Waals surface area contributed by atoms with Crippen molar-refractivity contribution >= 4 is 17.7 Å². The summed E-state index contributed by atoms with van der Waals surface area (Å²) in [6, 6.07) is 1.71. The topological polar surface area (TPSA) is 78.1 Å². The molecule has 5 nitrogen and oxygen atoms in total. The number of nitrogens with two attached hydrogens (primary N) is 1. The van der Waals surface area contributed by atoms with Gasteiger partial charge in [0, 0.05) is 6.20 Å². The molecule has 1 heterocycles. The molecule has 0 atom stereocenters. The van der Waals surface area contributed by atoms with Gasteiger partial charge < -0.3 is 10.5 Å². The summed E-state index contributed by atoms with van der Waals surface area (Å²) in [4.78, 5) is 18.8. The summed E-state index contributed by atoms with van der Waals surface area (Å²) in [7, 11) is 0. The minimum absolute atomic E-state index is 0.150. The van der Waals surface area contributed by atoms with Gasteiger partial charge in [-0.3, -0.25) is 0 Å². The molecule has 1 saturated carbocycles. The Morgan fingerprint density at radius 3 is 2.75 bits per heavy atom. The Balaban J connectivity index is 2.35. The molecule has 2 rings (SSSR count). The van der Waals surface area contributed by atoms with Gasteiger partial charge in [-0.05, 0) is 43.4 Å². The molecule has 1 aliphatic carbocycles. The zero-order chi connectivity index (χ0) is 11.6. The highest BCUT2D eigenvalue weighted by Crippen LogP contribution is 2.41. The van der Waals surface area contributed by atoms with Gasteiger partial charge in [-0.15, -0.1) is 0 Å². The minimum Gasteiger partial charge on any atom is -0.437 e. The van der Waals surface area contributed by atoms with Crippen molar-refractivity contribution in [1.29, 1.82) is 0 Å². The van der Waals surface area contributed by atoms with E-state index in [9.17, 15) is 4.79 Å². The normalized spacial score (nSPS) is 18.3. The second kappa shape index (κ2) is 4.25. The maximum absolute atomic E-state index is 10.9. The van der Waals surface area contributed by atoms with E-state index in [1.807, 2.05) is 0 Å². The Hall–Kier alpha value is -1.36. The number of hydrogen-bond donors (Lipinski definition) is 1. The predicted molar refractivity (Wildman–Crippen MR) is 57.9 cm³/mol. The molecule has 0 unspecified atom stereocenters. The number of halogens is 1. The third kappa shape index (κ3) is 2.09. The van der Waals surface area contributed by atoms with Crippen molar-refractivity contribution in [2.75, 3.05) is 0 Å². The van der Waals surface area contributed by atoms with Crippen molar-refractivity contribution in [2.24, 2.45) is 5.73 Å². The van der Waals surface area contributed by atoms with Gasteiger partial charge in [0.25, 0.3) is 0 Å². The van der Waals surface area contributed by atoms with Gasteiger partial charge in [-0.2, -0.15) is 0 Å². The summed E-state index contributed by atoms with van der Waals surface area (Å²) in [5.41, 5.74) is 5.01. The second-order valence-electron chi connectivity index (χ2n) is 3.83. The highest BCUT2D eigenvalue weighted by atomic mass is 35.5. The van der Waals surface area contributed by atoms with Crippen LogP contribution in [0.1, 0.15) is 31.4 Å². The lowest BCUT2D eigenvalue weighted by molar-refractivity contribution is 0.0149. The van der Waals surface area contributed by atoms with Crippen LogP contribution in [0.4, 0.5) is 4.79 Å². The summed E-state index contributed by atoms with van der Waals surface area (Å²) < 4.78 is 5.23. The lowest BCUT2D eigenvalue weighted by atomic mass is 9.97. The summed E-state index contributed by atoms with van der Waals surface area (Å²) in [5.74, 6) is 0. The SMILES string of the molecule is NC(=O)OC1(c2ccnc(Cl)n2)CCCC1. The molecule has 0 saturated heterocycles. The van der Waals surface area contributed by atoms with Gasteiger partial charge >= 0.3 is 6.09 Å². The van der Waals surface area contributed by atoms with Crippen LogP contribution in [-0.4, -0.2) is 16.1 Å². The minimum atomic E-state index is -0.781. The fourth-order valence-electron chi connectivity index (χ4n) is 2.14. The van der Waals surface area contributed by atoms with Gasteiger partial charge in [0.1, 0.15) is 0 Å². The number of ether oxygens (including phenoxy) is 1. The fourth-order valence-corrected chi connectivity index (χ4v) is 2.29. The number of carbonyl (C=O) groups excluding carboxylic acids is 1. The van der Waals surface area contributed by atoms with Crippen molar-refractivity contribution in [2.45, 2.75) is 31.3 Å². The van der Waals surface area contributed by atoms with E-state index in [2.05, 4.69) is 9.97 Å². The van der Waals surface area contributed by atoms with E-state index in [0.717, 1.165) is 25.7 Å². The van der Waals surface area contributed by atoms with E-state index < -0.39 is 11.7 Å². The van der Waals surface area contributed by atoms with E-state index in [1.54, 1.807) is 12.3 Å². The Morgan fingerprint density at radius 2 is 2.19 bits per heavy atom. The summed E-state index contributed by atoms with van der Waals surface area (Å²) in [5, 5.41) is 0.150. The smallest absolute Gasteiger partial charge is 0.405 e. The largest absolute Gasteiger partial charge is 0.437 e.